The van der Waals surface area contributed by atoms with Gasteiger partial charge in [-0.15, -0.1) is 0 Å². The first-order valence-electron chi connectivity index (χ1n) is 9.99. The zero-order chi connectivity index (χ0) is 21.3. The molecule has 158 valence electrons. The molecule has 7 heteroatoms. The number of carboxylic acid groups (broad SMARTS) is 1. The number of allylic oxidation sites excluding steroid dienone is 1. The normalized spacial score (nSPS) is 17.7. The molecule has 1 aliphatic heterocycles. The van der Waals surface area contributed by atoms with Gasteiger partial charge in [0, 0.05) is 24.9 Å². The number of carbonyl (C=O) groups is 3. The minimum absolute atomic E-state index is 0.0429. The number of piperidine rings is 1. The lowest BCUT2D eigenvalue weighted by Crippen LogP contribution is -2.43. The SMILES string of the molecule is O=C(O)CCCCCCN1C(=O)CCCC1C=CC(=O)C(F)(F)c1ccccc1. The Bertz CT molecular complexity index is 734. The van der Waals surface area contributed by atoms with Gasteiger partial charge < -0.3 is 10.0 Å². The molecule has 0 spiro atoms. The first-order chi connectivity index (χ1) is 13.8. The van der Waals surface area contributed by atoms with Crippen LogP contribution in [0, 0.1) is 0 Å². The lowest BCUT2D eigenvalue weighted by Gasteiger charge is -2.34. The molecule has 5 nitrogen and oxygen atoms in total. The van der Waals surface area contributed by atoms with Crippen LogP contribution in [0.5, 0.6) is 0 Å². The summed E-state index contributed by atoms with van der Waals surface area (Å²) in [5, 5.41) is 8.64. The number of alkyl halides is 2. The summed E-state index contributed by atoms with van der Waals surface area (Å²) in [6.45, 7) is 0.476. The van der Waals surface area contributed by atoms with Gasteiger partial charge in [-0.05, 0) is 31.8 Å². The fourth-order valence-corrected chi connectivity index (χ4v) is 3.44. The summed E-state index contributed by atoms with van der Waals surface area (Å²) in [6, 6.07) is 6.58. The minimum atomic E-state index is -3.61. The molecule has 1 aromatic rings. The van der Waals surface area contributed by atoms with Crippen LogP contribution in [0.25, 0.3) is 0 Å². The highest BCUT2D eigenvalue weighted by molar-refractivity contribution is 5.96. The zero-order valence-electron chi connectivity index (χ0n) is 16.4. The smallest absolute Gasteiger partial charge is 0.334 e. The second-order valence-electron chi connectivity index (χ2n) is 7.27. The van der Waals surface area contributed by atoms with E-state index in [1.165, 1.54) is 30.3 Å². The Balaban J connectivity index is 1.93. The summed E-state index contributed by atoms with van der Waals surface area (Å²) < 4.78 is 28.7. The molecule has 0 aromatic heterocycles. The van der Waals surface area contributed by atoms with Crippen LogP contribution in [0.2, 0.25) is 0 Å². The number of halogens is 2. The average molecular weight is 407 g/mol. The molecule has 1 atom stereocenters. The van der Waals surface area contributed by atoms with Crippen LogP contribution in [-0.4, -0.2) is 40.3 Å². The van der Waals surface area contributed by atoms with E-state index in [2.05, 4.69) is 0 Å². The van der Waals surface area contributed by atoms with Gasteiger partial charge in [-0.1, -0.05) is 49.2 Å². The summed E-state index contributed by atoms with van der Waals surface area (Å²) in [6.07, 6.45) is 7.01. The number of nitrogens with zero attached hydrogens (tertiary/aromatic N) is 1. The molecule has 1 N–H and O–H groups in total. The van der Waals surface area contributed by atoms with Crippen molar-refractivity contribution in [2.24, 2.45) is 0 Å². The topological polar surface area (TPSA) is 74.7 Å². The van der Waals surface area contributed by atoms with E-state index >= 15 is 0 Å². The van der Waals surface area contributed by atoms with Gasteiger partial charge in [-0.3, -0.25) is 14.4 Å². The number of rotatable bonds is 11. The summed E-state index contributed by atoms with van der Waals surface area (Å²) in [7, 11) is 0. The molecule has 1 amide bonds. The highest BCUT2D eigenvalue weighted by atomic mass is 19.3. The van der Waals surface area contributed by atoms with E-state index < -0.39 is 17.7 Å². The van der Waals surface area contributed by atoms with Crippen molar-refractivity contribution in [3.05, 3.63) is 48.0 Å². The van der Waals surface area contributed by atoms with Gasteiger partial charge in [0.1, 0.15) is 0 Å². The van der Waals surface area contributed by atoms with E-state index in [9.17, 15) is 23.2 Å². The number of hydrogen-bond acceptors (Lipinski definition) is 3. The number of ketones is 1. The first-order valence-corrected chi connectivity index (χ1v) is 9.99. The maximum absolute atomic E-state index is 14.3. The van der Waals surface area contributed by atoms with Gasteiger partial charge in [0.25, 0.3) is 0 Å². The van der Waals surface area contributed by atoms with Crippen molar-refractivity contribution in [1.82, 2.24) is 4.90 Å². The van der Waals surface area contributed by atoms with E-state index in [0.29, 0.717) is 38.6 Å². The summed E-state index contributed by atoms with van der Waals surface area (Å²) >= 11 is 0. The lowest BCUT2D eigenvalue weighted by atomic mass is 9.98. The Morgan fingerprint density at radius 3 is 2.52 bits per heavy atom. The Hall–Kier alpha value is -2.57. The molecule has 1 aliphatic rings. The van der Waals surface area contributed by atoms with Crippen molar-refractivity contribution in [2.75, 3.05) is 6.54 Å². The maximum Gasteiger partial charge on any atom is 0.334 e. The van der Waals surface area contributed by atoms with Crippen molar-refractivity contribution in [3.63, 3.8) is 0 Å². The first kappa shape index (κ1) is 22.7. The van der Waals surface area contributed by atoms with E-state index in [-0.39, 0.29) is 23.9 Å². The van der Waals surface area contributed by atoms with Crippen LogP contribution >= 0.6 is 0 Å². The minimum Gasteiger partial charge on any atom is -0.481 e. The van der Waals surface area contributed by atoms with Gasteiger partial charge in [-0.2, -0.15) is 8.78 Å². The average Bonchev–Trinajstić information content (AvgIpc) is 2.70. The summed E-state index contributed by atoms with van der Waals surface area (Å²) in [5.41, 5.74) is -0.354. The Labute approximate surface area is 169 Å². The van der Waals surface area contributed by atoms with Crippen LogP contribution in [0.15, 0.2) is 42.5 Å². The highest BCUT2D eigenvalue weighted by Gasteiger charge is 2.39. The third-order valence-corrected chi connectivity index (χ3v) is 5.07. The molecule has 0 bridgehead atoms. The number of amides is 1. The Morgan fingerprint density at radius 2 is 1.83 bits per heavy atom. The predicted molar refractivity (Wildman–Crippen MR) is 105 cm³/mol. The van der Waals surface area contributed by atoms with Crippen LogP contribution in [0.1, 0.15) is 56.9 Å². The van der Waals surface area contributed by atoms with Crippen LogP contribution in [0.3, 0.4) is 0 Å². The molecule has 1 saturated heterocycles. The highest BCUT2D eigenvalue weighted by Crippen LogP contribution is 2.29. The van der Waals surface area contributed by atoms with Crippen molar-refractivity contribution >= 4 is 17.7 Å². The van der Waals surface area contributed by atoms with Gasteiger partial charge >= 0.3 is 11.9 Å². The number of carboxylic acids is 1. The van der Waals surface area contributed by atoms with E-state index in [4.69, 9.17) is 5.11 Å². The maximum atomic E-state index is 14.3. The third kappa shape index (κ3) is 6.76. The second kappa shape index (κ2) is 10.8. The quantitative estimate of drug-likeness (QED) is 0.438. The number of benzene rings is 1. The zero-order valence-corrected chi connectivity index (χ0v) is 16.4. The molecule has 2 rings (SSSR count). The monoisotopic (exact) mass is 407 g/mol. The van der Waals surface area contributed by atoms with E-state index in [1.54, 1.807) is 11.0 Å². The number of aliphatic carboxylic acids is 1. The molecule has 1 unspecified atom stereocenters. The molecule has 1 heterocycles. The number of likely N-dealkylation sites (tertiary alicyclic amines) is 1. The van der Waals surface area contributed by atoms with Crippen molar-refractivity contribution in [3.8, 4) is 0 Å². The van der Waals surface area contributed by atoms with Crippen molar-refractivity contribution < 1.29 is 28.3 Å². The standard InChI is InChI=1S/C22H27F2NO4/c23-22(24,17-9-4-3-5-10-17)19(26)15-14-18-11-8-12-20(27)25(18)16-7-2-1-6-13-21(28)29/h3-5,9-10,14-15,18H,1-2,6-8,11-13,16H2,(H,28,29). The number of carbonyl (C=O) groups excluding carboxylic acids is 2. The van der Waals surface area contributed by atoms with Crippen LogP contribution < -0.4 is 0 Å². The van der Waals surface area contributed by atoms with Crippen LogP contribution in [0.4, 0.5) is 8.78 Å². The molecule has 1 aromatic carbocycles. The van der Waals surface area contributed by atoms with Crippen molar-refractivity contribution in [1.29, 1.82) is 0 Å². The van der Waals surface area contributed by atoms with E-state index in [1.807, 2.05) is 0 Å². The molecular weight excluding hydrogens is 380 g/mol. The van der Waals surface area contributed by atoms with Crippen molar-refractivity contribution in [2.45, 2.75) is 63.3 Å². The third-order valence-electron chi connectivity index (χ3n) is 5.07. The molecule has 0 aliphatic carbocycles. The molecule has 0 radical (unpaired) electrons. The van der Waals surface area contributed by atoms with Gasteiger partial charge in [0.15, 0.2) is 0 Å². The molecule has 29 heavy (non-hydrogen) atoms. The number of hydrogen-bond donors (Lipinski definition) is 1. The Morgan fingerprint density at radius 1 is 1.14 bits per heavy atom. The summed E-state index contributed by atoms with van der Waals surface area (Å²) in [5.74, 6) is -5.77. The molecule has 1 fully saturated rings. The van der Waals surface area contributed by atoms with Gasteiger partial charge in [0.2, 0.25) is 11.7 Å². The summed E-state index contributed by atoms with van der Waals surface area (Å²) in [4.78, 5) is 36.5. The number of unbranched alkanes of at least 4 members (excludes halogenated alkanes) is 3. The van der Waals surface area contributed by atoms with Crippen LogP contribution in [-0.2, 0) is 20.3 Å². The van der Waals surface area contributed by atoms with Gasteiger partial charge in [-0.25, -0.2) is 0 Å². The van der Waals surface area contributed by atoms with E-state index in [0.717, 1.165) is 18.9 Å². The second-order valence-corrected chi connectivity index (χ2v) is 7.27. The fourth-order valence-electron chi connectivity index (χ4n) is 3.44. The lowest BCUT2D eigenvalue weighted by molar-refractivity contribution is -0.139. The largest absolute Gasteiger partial charge is 0.481 e. The predicted octanol–water partition coefficient (Wildman–Crippen LogP) is 4.32. The van der Waals surface area contributed by atoms with Gasteiger partial charge in [0.05, 0.1) is 6.04 Å². The Kier molecular flexibility index (Phi) is 8.49. The molecule has 0 saturated carbocycles. The fraction of sp³-hybridized carbons (Fsp3) is 0.500. The molecular formula is C22H27F2NO4.